The molecule has 2 saturated carbocycles. The van der Waals surface area contributed by atoms with Crippen LogP contribution in [-0.4, -0.2) is 71.4 Å². The Hall–Kier alpha value is -3.98. The smallest absolute Gasteiger partial charge is 0.410 e. The van der Waals surface area contributed by atoms with Crippen molar-refractivity contribution in [2.45, 2.75) is 62.4 Å². The van der Waals surface area contributed by atoms with Gasteiger partial charge < -0.3 is 18.9 Å². The van der Waals surface area contributed by atoms with Crippen LogP contribution < -0.4 is 0 Å². The first kappa shape index (κ1) is 29.1. The lowest BCUT2D eigenvalue weighted by molar-refractivity contribution is 0.0600. The van der Waals surface area contributed by atoms with Gasteiger partial charge in [-0.05, 0) is 74.4 Å². The lowest BCUT2D eigenvalue weighted by atomic mass is 9.93. The lowest BCUT2D eigenvalue weighted by Crippen LogP contribution is -2.40. The van der Waals surface area contributed by atoms with Crippen molar-refractivity contribution in [3.05, 3.63) is 95.7 Å². The highest BCUT2D eigenvalue weighted by atomic mass is 16.6. The van der Waals surface area contributed by atoms with E-state index in [-0.39, 0.29) is 30.1 Å². The Bertz CT molecular complexity index is 1410. The predicted molar refractivity (Wildman–Crippen MR) is 161 cm³/mol. The molecule has 0 N–H and O–H groups in total. The molecule has 3 aromatic rings. The van der Waals surface area contributed by atoms with E-state index < -0.39 is 0 Å². The van der Waals surface area contributed by atoms with Crippen molar-refractivity contribution in [1.82, 2.24) is 19.9 Å². The molecular formula is C34H40N4O5. The van der Waals surface area contributed by atoms with Crippen LogP contribution in [0, 0.1) is 5.92 Å². The molecule has 2 heterocycles. The Morgan fingerprint density at radius 2 is 1.86 bits per heavy atom. The Balaban J connectivity index is 1.03. The molecule has 1 aromatic heterocycles. The topological polar surface area (TPSA) is 98.0 Å². The van der Waals surface area contributed by atoms with E-state index in [0.29, 0.717) is 35.7 Å². The SMILES string of the molecule is C=CCOC(=O)N(CC1(c2noc(CC3CCN(Cc4ccc(C(=O)OC)cc4)CC3)n2)CC1)[C@H]1CC1c1ccccc1. The number of methoxy groups -OCH3 is 1. The number of aromatic nitrogens is 2. The lowest BCUT2D eigenvalue weighted by Gasteiger charge is -2.31. The number of carbonyl (C=O) groups excluding carboxylic acids is 2. The fourth-order valence-corrected chi connectivity index (χ4v) is 6.32. The van der Waals surface area contributed by atoms with Crippen LogP contribution in [0.25, 0.3) is 0 Å². The van der Waals surface area contributed by atoms with Crippen LogP contribution in [0.2, 0.25) is 0 Å². The van der Waals surface area contributed by atoms with Gasteiger partial charge in [0.25, 0.3) is 0 Å². The summed E-state index contributed by atoms with van der Waals surface area (Å²) in [5.74, 6) is 1.90. The zero-order chi connectivity index (χ0) is 29.8. The Morgan fingerprint density at radius 1 is 1.12 bits per heavy atom. The van der Waals surface area contributed by atoms with Gasteiger partial charge in [0, 0.05) is 31.5 Å². The number of rotatable bonds is 12. The number of carbonyl (C=O) groups is 2. The summed E-state index contributed by atoms with van der Waals surface area (Å²) < 4.78 is 16.1. The fraction of sp³-hybridized carbons (Fsp3) is 0.471. The van der Waals surface area contributed by atoms with Crippen LogP contribution in [0.1, 0.15) is 71.2 Å². The van der Waals surface area contributed by atoms with E-state index >= 15 is 0 Å². The van der Waals surface area contributed by atoms with E-state index in [1.165, 1.54) is 18.2 Å². The number of nitrogens with zero attached hydrogens (tertiary/aromatic N) is 4. The zero-order valence-corrected chi connectivity index (χ0v) is 24.8. The highest BCUT2D eigenvalue weighted by Crippen LogP contribution is 2.51. The van der Waals surface area contributed by atoms with Crippen LogP contribution in [0.4, 0.5) is 4.79 Å². The highest BCUT2D eigenvalue weighted by Gasteiger charge is 2.54. The summed E-state index contributed by atoms with van der Waals surface area (Å²) in [6.45, 7) is 7.28. The molecule has 6 rings (SSSR count). The van der Waals surface area contributed by atoms with Crippen molar-refractivity contribution in [2.24, 2.45) is 5.92 Å². The molecular weight excluding hydrogens is 544 g/mol. The molecule has 2 atom stereocenters. The molecule has 226 valence electrons. The first-order valence-electron chi connectivity index (χ1n) is 15.3. The van der Waals surface area contributed by atoms with Crippen LogP contribution in [-0.2, 0) is 27.9 Å². The summed E-state index contributed by atoms with van der Waals surface area (Å²) >= 11 is 0. The molecule has 1 aliphatic heterocycles. The van der Waals surface area contributed by atoms with Crippen molar-refractivity contribution in [3.63, 3.8) is 0 Å². The highest BCUT2D eigenvalue weighted by molar-refractivity contribution is 5.89. The summed E-state index contributed by atoms with van der Waals surface area (Å²) in [4.78, 5) is 34.0. The van der Waals surface area contributed by atoms with Crippen LogP contribution in [0.15, 0.2) is 71.8 Å². The number of esters is 1. The third-order valence-corrected chi connectivity index (χ3v) is 9.16. The Labute approximate surface area is 252 Å². The monoisotopic (exact) mass is 584 g/mol. The standard InChI is InChI=1S/C34H40N4O5/c1-3-19-42-33(40)38(29-21-28(29)26-7-5-4-6-8-26)23-34(15-16-34)32-35-30(43-36-32)20-24-13-17-37(18-14-24)22-25-9-11-27(12-10-25)31(39)41-2/h3-12,24,28-29H,1,13-23H2,2H3/t28?,29-/m0/s1. The second kappa shape index (κ2) is 12.7. The summed E-state index contributed by atoms with van der Waals surface area (Å²) in [5.41, 5.74) is 2.74. The first-order valence-corrected chi connectivity index (χ1v) is 15.3. The minimum absolute atomic E-state index is 0.111. The summed E-state index contributed by atoms with van der Waals surface area (Å²) in [7, 11) is 1.40. The zero-order valence-electron chi connectivity index (χ0n) is 24.8. The Kier molecular flexibility index (Phi) is 8.61. The molecule has 3 aliphatic rings. The minimum atomic E-state index is -0.313. The molecule has 3 fully saturated rings. The molecule has 1 unspecified atom stereocenters. The first-order chi connectivity index (χ1) is 21.0. The Morgan fingerprint density at radius 3 is 2.53 bits per heavy atom. The van der Waals surface area contributed by atoms with Gasteiger partial charge >= 0.3 is 12.1 Å². The van der Waals surface area contributed by atoms with Gasteiger partial charge in [-0.2, -0.15) is 4.98 Å². The molecule has 2 aromatic carbocycles. The van der Waals surface area contributed by atoms with Gasteiger partial charge in [0.05, 0.1) is 18.1 Å². The average molecular weight is 585 g/mol. The van der Waals surface area contributed by atoms with E-state index in [9.17, 15) is 9.59 Å². The predicted octanol–water partition coefficient (Wildman–Crippen LogP) is 5.52. The van der Waals surface area contributed by atoms with Gasteiger partial charge in [0.15, 0.2) is 5.82 Å². The maximum Gasteiger partial charge on any atom is 0.410 e. The molecule has 9 nitrogen and oxygen atoms in total. The molecule has 1 saturated heterocycles. The molecule has 0 radical (unpaired) electrons. The van der Waals surface area contributed by atoms with E-state index in [0.717, 1.165) is 58.2 Å². The van der Waals surface area contributed by atoms with Crippen LogP contribution >= 0.6 is 0 Å². The molecule has 0 bridgehead atoms. The molecule has 2 aliphatic carbocycles. The molecule has 1 amide bonds. The van der Waals surface area contributed by atoms with Gasteiger partial charge in [-0.1, -0.05) is 60.3 Å². The normalized spacial score (nSPS) is 21.1. The second-order valence-corrected chi connectivity index (χ2v) is 12.2. The van der Waals surface area contributed by atoms with Crippen molar-refractivity contribution in [3.8, 4) is 0 Å². The maximum absolute atomic E-state index is 13.1. The maximum atomic E-state index is 13.1. The number of likely N-dealkylation sites (tertiary alicyclic amines) is 1. The van der Waals surface area contributed by atoms with E-state index in [1.807, 2.05) is 47.4 Å². The average Bonchev–Trinajstić information content (AvgIpc) is 3.97. The van der Waals surface area contributed by atoms with Crippen molar-refractivity contribution < 1.29 is 23.6 Å². The van der Waals surface area contributed by atoms with E-state index in [1.54, 1.807) is 6.08 Å². The molecule has 43 heavy (non-hydrogen) atoms. The van der Waals surface area contributed by atoms with E-state index in [2.05, 4.69) is 28.8 Å². The van der Waals surface area contributed by atoms with Crippen molar-refractivity contribution >= 4 is 12.1 Å². The molecule has 0 spiro atoms. The number of benzene rings is 2. The third-order valence-electron chi connectivity index (χ3n) is 9.16. The second-order valence-electron chi connectivity index (χ2n) is 12.2. The number of piperidine rings is 1. The summed E-state index contributed by atoms with van der Waals surface area (Å²) in [6.07, 6.45) is 6.99. The van der Waals surface area contributed by atoms with Gasteiger partial charge in [-0.25, -0.2) is 9.59 Å². The quantitative estimate of drug-likeness (QED) is 0.203. The summed E-state index contributed by atoms with van der Waals surface area (Å²) in [5, 5.41) is 4.42. The van der Waals surface area contributed by atoms with Crippen LogP contribution in [0.5, 0.6) is 0 Å². The number of amides is 1. The largest absolute Gasteiger partial charge is 0.465 e. The van der Waals surface area contributed by atoms with Gasteiger partial charge in [-0.15, -0.1) is 0 Å². The number of ether oxygens (including phenoxy) is 2. The van der Waals surface area contributed by atoms with Crippen LogP contribution in [0.3, 0.4) is 0 Å². The van der Waals surface area contributed by atoms with Gasteiger partial charge in [-0.3, -0.25) is 4.90 Å². The van der Waals surface area contributed by atoms with Crippen molar-refractivity contribution in [1.29, 1.82) is 0 Å². The number of hydrogen-bond acceptors (Lipinski definition) is 8. The summed E-state index contributed by atoms with van der Waals surface area (Å²) in [6, 6.07) is 18.1. The van der Waals surface area contributed by atoms with E-state index in [4.69, 9.17) is 19.0 Å². The third kappa shape index (κ3) is 6.82. The molecule has 9 heteroatoms. The number of hydrogen-bond donors (Lipinski definition) is 0. The fourth-order valence-electron chi connectivity index (χ4n) is 6.32. The van der Waals surface area contributed by atoms with Gasteiger partial charge in [0.1, 0.15) is 6.61 Å². The minimum Gasteiger partial charge on any atom is -0.465 e. The van der Waals surface area contributed by atoms with Crippen molar-refractivity contribution in [2.75, 3.05) is 33.4 Å². The van der Waals surface area contributed by atoms with Gasteiger partial charge in [0.2, 0.25) is 5.89 Å².